The fourth-order valence-corrected chi connectivity index (χ4v) is 3.63. The Balaban J connectivity index is 1.51. The highest BCUT2D eigenvalue weighted by Crippen LogP contribution is 2.34. The standard InChI is InChI=1S/C21H22N2O/c1-23(19-13-7-11-16-8-5-6-12-18(16)19)15-21-22-14-20(24-21)17-9-3-2-4-10-17/h2-6,8-10,12,14,19H,7,11,13,15H2,1H3. The summed E-state index contributed by atoms with van der Waals surface area (Å²) in [7, 11) is 2.17. The van der Waals surface area contributed by atoms with Gasteiger partial charge in [0.15, 0.2) is 5.76 Å². The van der Waals surface area contributed by atoms with Crippen molar-refractivity contribution in [3.05, 3.63) is 77.8 Å². The summed E-state index contributed by atoms with van der Waals surface area (Å²) in [5.74, 6) is 1.61. The molecule has 3 nitrogen and oxygen atoms in total. The van der Waals surface area contributed by atoms with Gasteiger partial charge in [0.2, 0.25) is 5.89 Å². The summed E-state index contributed by atoms with van der Waals surface area (Å²) in [4.78, 5) is 6.83. The minimum atomic E-state index is 0.446. The van der Waals surface area contributed by atoms with Crippen LogP contribution in [0.4, 0.5) is 0 Å². The van der Waals surface area contributed by atoms with Crippen LogP contribution in [0.5, 0.6) is 0 Å². The minimum absolute atomic E-state index is 0.446. The Kier molecular flexibility index (Phi) is 4.18. The van der Waals surface area contributed by atoms with E-state index in [0.717, 1.165) is 23.8 Å². The fraction of sp³-hybridized carbons (Fsp3) is 0.286. The highest BCUT2D eigenvalue weighted by Gasteiger charge is 2.24. The summed E-state index contributed by atoms with van der Waals surface area (Å²) in [5.41, 5.74) is 4.01. The Hall–Kier alpha value is -2.39. The molecule has 1 aliphatic carbocycles. The monoisotopic (exact) mass is 318 g/mol. The van der Waals surface area contributed by atoms with Crippen molar-refractivity contribution in [1.82, 2.24) is 9.88 Å². The lowest BCUT2D eigenvalue weighted by Gasteiger charge is -2.32. The number of oxazole rings is 1. The van der Waals surface area contributed by atoms with E-state index in [0.29, 0.717) is 6.04 Å². The topological polar surface area (TPSA) is 29.3 Å². The average molecular weight is 318 g/mol. The van der Waals surface area contributed by atoms with Crippen molar-refractivity contribution >= 4 is 0 Å². The molecule has 1 unspecified atom stereocenters. The first-order chi connectivity index (χ1) is 11.8. The van der Waals surface area contributed by atoms with Crippen molar-refractivity contribution in [2.75, 3.05) is 7.05 Å². The molecule has 0 spiro atoms. The molecule has 1 aliphatic rings. The van der Waals surface area contributed by atoms with Crippen LogP contribution in [0.2, 0.25) is 0 Å². The highest BCUT2D eigenvalue weighted by molar-refractivity contribution is 5.55. The van der Waals surface area contributed by atoms with Crippen LogP contribution in [0, 0.1) is 0 Å². The maximum atomic E-state index is 5.97. The second kappa shape index (κ2) is 6.62. The molecule has 3 heteroatoms. The summed E-state index contributed by atoms with van der Waals surface area (Å²) >= 11 is 0. The predicted octanol–water partition coefficient (Wildman–Crippen LogP) is 4.85. The van der Waals surface area contributed by atoms with Crippen LogP contribution in [-0.4, -0.2) is 16.9 Å². The van der Waals surface area contributed by atoms with Crippen LogP contribution in [0.3, 0.4) is 0 Å². The quantitative estimate of drug-likeness (QED) is 0.688. The third-order valence-electron chi connectivity index (χ3n) is 4.87. The first-order valence-electron chi connectivity index (χ1n) is 8.59. The number of nitrogens with zero attached hydrogens (tertiary/aromatic N) is 2. The van der Waals surface area contributed by atoms with Crippen molar-refractivity contribution in [3.63, 3.8) is 0 Å². The third-order valence-corrected chi connectivity index (χ3v) is 4.87. The van der Waals surface area contributed by atoms with Gasteiger partial charge in [-0.15, -0.1) is 0 Å². The summed E-state index contributed by atoms with van der Waals surface area (Å²) in [5, 5.41) is 0. The molecule has 1 atom stereocenters. The first kappa shape index (κ1) is 15.2. The maximum Gasteiger partial charge on any atom is 0.209 e. The van der Waals surface area contributed by atoms with Gasteiger partial charge >= 0.3 is 0 Å². The lowest BCUT2D eigenvalue weighted by molar-refractivity contribution is 0.195. The summed E-state index contributed by atoms with van der Waals surface area (Å²) in [6.07, 6.45) is 5.46. The molecule has 24 heavy (non-hydrogen) atoms. The Morgan fingerprint density at radius 1 is 1.08 bits per heavy atom. The Morgan fingerprint density at radius 3 is 2.75 bits per heavy atom. The van der Waals surface area contributed by atoms with Crippen LogP contribution in [0.1, 0.15) is 35.9 Å². The molecule has 1 aromatic heterocycles. The van der Waals surface area contributed by atoms with Gasteiger partial charge in [0.25, 0.3) is 0 Å². The van der Waals surface area contributed by atoms with Crippen LogP contribution >= 0.6 is 0 Å². The van der Waals surface area contributed by atoms with Gasteiger partial charge in [0.1, 0.15) is 0 Å². The summed E-state index contributed by atoms with van der Waals surface area (Å²) in [6.45, 7) is 0.728. The van der Waals surface area contributed by atoms with Gasteiger partial charge in [-0.3, -0.25) is 4.90 Å². The molecule has 0 fully saturated rings. The smallest absolute Gasteiger partial charge is 0.209 e. The summed E-state index contributed by atoms with van der Waals surface area (Å²) < 4.78 is 5.97. The van der Waals surface area contributed by atoms with Crippen molar-refractivity contribution in [2.45, 2.75) is 31.8 Å². The normalized spacial score (nSPS) is 17.0. The lowest BCUT2D eigenvalue weighted by Crippen LogP contribution is -2.27. The van der Waals surface area contributed by atoms with Crippen molar-refractivity contribution in [1.29, 1.82) is 0 Å². The molecule has 0 N–H and O–H groups in total. The lowest BCUT2D eigenvalue weighted by atomic mass is 9.87. The second-order valence-electron chi connectivity index (χ2n) is 6.51. The van der Waals surface area contributed by atoms with E-state index in [4.69, 9.17) is 4.42 Å². The molecule has 122 valence electrons. The third kappa shape index (κ3) is 3.00. The van der Waals surface area contributed by atoms with Crippen molar-refractivity contribution < 1.29 is 4.42 Å². The zero-order valence-electron chi connectivity index (χ0n) is 14.0. The van der Waals surface area contributed by atoms with E-state index in [-0.39, 0.29) is 0 Å². The zero-order valence-corrected chi connectivity index (χ0v) is 14.0. The first-order valence-corrected chi connectivity index (χ1v) is 8.59. The van der Waals surface area contributed by atoms with Gasteiger partial charge in [-0.1, -0.05) is 54.6 Å². The average Bonchev–Trinajstić information content (AvgIpc) is 3.10. The van der Waals surface area contributed by atoms with E-state index in [1.165, 1.54) is 30.4 Å². The fourth-order valence-electron chi connectivity index (χ4n) is 3.63. The number of rotatable bonds is 4. The predicted molar refractivity (Wildman–Crippen MR) is 95.5 cm³/mol. The molecule has 0 bridgehead atoms. The molecule has 1 heterocycles. The van der Waals surface area contributed by atoms with E-state index in [9.17, 15) is 0 Å². The van der Waals surface area contributed by atoms with Gasteiger partial charge in [-0.2, -0.15) is 0 Å². The summed E-state index contributed by atoms with van der Waals surface area (Å²) in [6, 6.07) is 19.4. The number of aromatic nitrogens is 1. The minimum Gasteiger partial charge on any atom is -0.439 e. The van der Waals surface area contributed by atoms with Crippen molar-refractivity contribution in [2.24, 2.45) is 0 Å². The number of aryl methyl sites for hydroxylation is 1. The molecule has 4 rings (SSSR count). The van der Waals surface area contributed by atoms with Crippen LogP contribution < -0.4 is 0 Å². The largest absolute Gasteiger partial charge is 0.439 e. The van der Waals surface area contributed by atoms with Crippen LogP contribution in [0.15, 0.2) is 65.2 Å². The molecule has 0 aliphatic heterocycles. The molecule has 2 aromatic carbocycles. The van der Waals surface area contributed by atoms with E-state index >= 15 is 0 Å². The number of fused-ring (bicyclic) bond motifs is 1. The van der Waals surface area contributed by atoms with E-state index in [1.54, 1.807) is 0 Å². The second-order valence-corrected chi connectivity index (χ2v) is 6.51. The molecule has 0 saturated carbocycles. The molecule has 3 aromatic rings. The molecular formula is C21H22N2O. The van der Waals surface area contributed by atoms with Gasteiger partial charge in [-0.05, 0) is 37.4 Å². The Labute approximate surface area is 143 Å². The van der Waals surface area contributed by atoms with Crippen LogP contribution in [-0.2, 0) is 13.0 Å². The van der Waals surface area contributed by atoms with Crippen LogP contribution in [0.25, 0.3) is 11.3 Å². The van der Waals surface area contributed by atoms with Crippen molar-refractivity contribution in [3.8, 4) is 11.3 Å². The van der Waals surface area contributed by atoms with Gasteiger partial charge in [0, 0.05) is 11.6 Å². The molecule has 0 amide bonds. The number of hydrogen-bond donors (Lipinski definition) is 0. The Morgan fingerprint density at radius 2 is 1.88 bits per heavy atom. The SMILES string of the molecule is CN(Cc1ncc(-c2ccccc2)o1)C1CCCc2ccccc21. The van der Waals surface area contributed by atoms with E-state index in [2.05, 4.69) is 41.2 Å². The Bertz CT molecular complexity index is 809. The van der Waals surface area contributed by atoms with Gasteiger partial charge in [-0.25, -0.2) is 4.98 Å². The zero-order chi connectivity index (χ0) is 16.4. The van der Waals surface area contributed by atoms with E-state index in [1.807, 2.05) is 36.5 Å². The number of benzene rings is 2. The van der Waals surface area contributed by atoms with Gasteiger partial charge < -0.3 is 4.42 Å². The molecule has 0 radical (unpaired) electrons. The molecule has 0 saturated heterocycles. The highest BCUT2D eigenvalue weighted by atomic mass is 16.4. The number of hydrogen-bond acceptors (Lipinski definition) is 3. The van der Waals surface area contributed by atoms with E-state index < -0.39 is 0 Å². The van der Waals surface area contributed by atoms with Gasteiger partial charge in [0.05, 0.1) is 12.7 Å². The maximum absolute atomic E-state index is 5.97. The molecular weight excluding hydrogens is 296 g/mol.